The summed E-state index contributed by atoms with van der Waals surface area (Å²) in [6.45, 7) is 5.06. The summed E-state index contributed by atoms with van der Waals surface area (Å²) in [6.07, 6.45) is 3.54. The minimum absolute atomic E-state index is 0.268. The Morgan fingerprint density at radius 3 is 2.95 bits per heavy atom. The molecular weight excluding hydrogens is 264 g/mol. The maximum Gasteiger partial charge on any atom is 0.349 e. The van der Waals surface area contributed by atoms with Gasteiger partial charge in [-0.1, -0.05) is 13.8 Å². The molecule has 2 aromatic heterocycles. The van der Waals surface area contributed by atoms with Crippen molar-refractivity contribution in [3.63, 3.8) is 0 Å². The highest BCUT2D eigenvalue weighted by molar-refractivity contribution is 7.14. The minimum Gasteiger partial charge on any atom is -0.490 e. The highest BCUT2D eigenvalue weighted by Crippen LogP contribution is 2.33. The zero-order valence-electron chi connectivity index (χ0n) is 10.9. The molecule has 1 N–H and O–H groups in total. The van der Waals surface area contributed by atoms with Crippen molar-refractivity contribution in [3.05, 3.63) is 34.3 Å². The predicted molar refractivity (Wildman–Crippen MR) is 73.1 cm³/mol. The van der Waals surface area contributed by atoms with E-state index in [-0.39, 0.29) is 4.88 Å². The first-order valence-electron chi connectivity index (χ1n) is 6.05. The van der Waals surface area contributed by atoms with Crippen molar-refractivity contribution in [2.45, 2.75) is 26.3 Å². The van der Waals surface area contributed by atoms with E-state index >= 15 is 0 Å². The van der Waals surface area contributed by atoms with Crippen LogP contribution < -0.4 is 4.74 Å². The summed E-state index contributed by atoms with van der Waals surface area (Å²) in [6, 6.07) is 3.66. The summed E-state index contributed by atoms with van der Waals surface area (Å²) >= 11 is 1.28. The molecule has 0 atom stereocenters. The van der Waals surface area contributed by atoms with E-state index in [0.29, 0.717) is 24.8 Å². The lowest BCUT2D eigenvalue weighted by Gasteiger charge is -2.05. The van der Waals surface area contributed by atoms with Gasteiger partial charge in [0.05, 0.1) is 6.54 Å². The molecule has 0 saturated heterocycles. The Kier molecular flexibility index (Phi) is 4.21. The zero-order chi connectivity index (χ0) is 13.8. The molecule has 2 aromatic rings. The molecule has 0 aromatic carbocycles. The van der Waals surface area contributed by atoms with Gasteiger partial charge in [0.1, 0.15) is 12.4 Å². The number of hydrogen-bond acceptors (Lipinski definition) is 4. The molecule has 5 nitrogen and oxygen atoms in total. The molecule has 102 valence electrons. The van der Waals surface area contributed by atoms with Gasteiger partial charge in [-0.15, -0.1) is 11.3 Å². The molecule has 0 spiro atoms. The Morgan fingerprint density at radius 2 is 2.37 bits per heavy atom. The van der Waals surface area contributed by atoms with Gasteiger partial charge in [0, 0.05) is 17.3 Å². The second-order valence-electron chi connectivity index (χ2n) is 4.42. The van der Waals surface area contributed by atoms with E-state index in [1.807, 2.05) is 32.2 Å². The van der Waals surface area contributed by atoms with E-state index in [4.69, 9.17) is 9.84 Å². The number of aromatic carboxylic acids is 1. The van der Waals surface area contributed by atoms with Crippen molar-refractivity contribution in [2.75, 3.05) is 6.61 Å². The maximum atomic E-state index is 11.2. The summed E-state index contributed by atoms with van der Waals surface area (Å²) < 4.78 is 7.32. The molecule has 2 rings (SSSR count). The largest absolute Gasteiger partial charge is 0.490 e. The van der Waals surface area contributed by atoms with E-state index in [2.05, 4.69) is 5.10 Å². The second kappa shape index (κ2) is 5.88. The van der Waals surface area contributed by atoms with Gasteiger partial charge < -0.3 is 9.84 Å². The van der Waals surface area contributed by atoms with Crippen LogP contribution in [0, 0.1) is 0 Å². The highest BCUT2D eigenvalue weighted by atomic mass is 32.1. The molecule has 0 bridgehead atoms. The molecule has 19 heavy (non-hydrogen) atoms. The van der Waals surface area contributed by atoms with E-state index in [0.717, 1.165) is 4.88 Å². The molecule has 0 amide bonds. The van der Waals surface area contributed by atoms with Gasteiger partial charge in [0.25, 0.3) is 0 Å². The predicted octanol–water partition coefficient (Wildman–Crippen LogP) is 2.85. The lowest BCUT2D eigenvalue weighted by molar-refractivity contribution is 0.0698. The summed E-state index contributed by atoms with van der Waals surface area (Å²) in [5.41, 5.74) is 0. The normalized spacial score (nSPS) is 10.9. The van der Waals surface area contributed by atoms with Crippen molar-refractivity contribution < 1.29 is 14.6 Å². The van der Waals surface area contributed by atoms with Gasteiger partial charge in [0.2, 0.25) is 0 Å². The molecule has 0 aliphatic heterocycles. The standard InChI is InChI=1S/C13H16N2O3S/c1-9(2)11-8-10(12(19-11)13(16)17)18-7-6-15-5-3-4-14-15/h3-5,8-9H,6-7H2,1-2H3,(H,16,17). The van der Waals surface area contributed by atoms with Crippen LogP contribution in [-0.2, 0) is 6.54 Å². The quantitative estimate of drug-likeness (QED) is 0.883. The monoisotopic (exact) mass is 280 g/mol. The van der Waals surface area contributed by atoms with Crippen LogP contribution in [0.4, 0.5) is 0 Å². The van der Waals surface area contributed by atoms with Crippen molar-refractivity contribution in [2.24, 2.45) is 0 Å². The third kappa shape index (κ3) is 3.35. The van der Waals surface area contributed by atoms with Crippen LogP contribution in [0.25, 0.3) is 0 Å². The van der Waals surface area contributed by atoms with Crippen LogP contribution in [0.1, 0.15) is 34.3 Å². The highest BCUT2D eigenvalue weighted by Gasteiger charge is 2.18. The first-order chi connectivity index (χ1) is 9.08. The first kappa shape index (κ1) is 13.6. The zero-order valence-corrected chi connectivity index (χ0v) is 11.7. The van der Waals surface area contributed by atoms with Gasteiger partial charge in [-0.05, 0) is 18.1 Å². The lowest BCUT2D eigenvalue weighted by Crippen LogP contribution is -2.09. The number of nitrogens with zero attached hydrogens (tertiary/aromatic N) is 2. The van der Waals surface area contributed by atoms with E-state index in [9.17, 15) is 4.79 Å². The topological polar surface area (TPSA) is 64.4 Å². The van der Waals surface area contributed by atoms with E-state index in [1.165, 1.54) is 11.3 Å². The van der Waals surface area contributed by atoms with Crippen LogP contribution >= 0.6 is 11.3 Å². The van der Waals surface area contributed by atoms with Gasteiger partial charge in [-0.2, -0.15) is 5.10 Å². The third-order valence-corrected chi connectivity index (χ3v) is 4.02. The number of carbonyl (C=O) groups is 1. The summed E-state index contributed by atoms with van der Waals surface area (Å²) in [5.74, 6) is -0.189. The molecule has 0 radical (unpaired) electrons. The van der Waals surface area contributed by atoms with E-state index < -0.39 is 5.97 Å². The number of carboxylic acid groups (broad SMARTS) is 1. The van der Waals surface area contributed by atoms with Crippen LogP contribution in [-0.4, -0.2) is 27.5 Å². The summed E-state index contributed by atoms with van der Waals surface area (Å²) in [7, 11) is 0. The summed E-state index contributed by atoms with van der Waals surface area (Å²) in [4.78, 5) is 12.5. The van der Waals surface area contributed by atoms with Crippen molar-refractivity contribution in [3.8, 4) is 5.75 Å². The first-order valence-corrected chi connectivity index (χ1v) is 6.87. The lowest BCUT2D eigenvalue weighted by atomic mass is 10.2. The Morgan fingerprint density at radius 1 is 1.58 bits per heavy atom. The SMILES string of the molecule is CC(C)c1cc(OCCn2cccn2)c(C(=O)O)s1. The molecule has 0 aliphatic rings. The maximum absolute atomic E-state index is 11.2. The smallest absolute Gasteiger partial charge is 0.349 e. The number of hydrogen-bond donors (Lipinski definition) is 1. The third-order valence-electron chi connectivity index (χ3n) is 2.62. The fourth-order valence-corrected chi connectivity index (χ4v) is 2.56. The number of carboxylic acids is 1. The van der Waals surface area contributed by atoms with Crippen LogP contribution in [0.15, 0.2) is 24.5 Å². The Hall–Kier alpha value is -1.82. The number of ether oxygens (including phenoxy) is 1. The molecule has 0 fully saturated rings. The van der Waals surface area contributed by atoms with Gasteiger partial charge >= 0.3 is 5.97 Å². The van der Waals surface area contributed by atoms with Crippen LogP contribution in [0.5, 0.6) is 5.75 Å². The fourth-order valence-electron chi connectivity index (χ4n) is 1.61. The molecule has 0 saturated carbocycles. The van der Waals surface area contributed by atoms with Crippen LogP contribution in [0.2, 0.25) is 0 Å². The fraction of sp³-hybridized carbons (Fsp3) is 0.385. The average molecular weight is 280 g/mol. The van der Waals surface area contributed by atoms with Gasteiger partial charge in [0.15, 0.2) is 4.88 Å². The average Bonchev–Trinajstić information content (AvgIpc) is 2.97. The molecular formula is C13H16N2O3S. The Bertz CT molecular complexity index is 546. The molecule has 6 heteroatoms. The number of aromatic nitrogens is 2. The number of thiophene rings is 1. The Labute approximate surface area is 115 Å². The van der Waals surface area contributed by atoms with E-state index in [1.54, 1.807) is 10.9 Å². The van der Waals surface area contributed by atoms with Crippen molar-refractivity contribution >= 4 is 17.3 Å². The molecule has 0 aliphatic carbocycles. The second-order valence-corrected chi connectivity index (χ2v) is 5.50. The number of rotatable bonds is 6. The van der Waals surface area contributed by atoms with Crippen LogP contribution in [0.3, 0.4) is 0 Å². The minimum atomic E-state index is -0.939. The van der Waals surface area contributed by atoms with Crippen molar-refractivity contribution in [1.82, 2.24) is 9.78 Å². The molecule has 0 unspecified atom stereocenters. The van der Waals surface area contributed by atoms with Gasteiger partial charge in [-0.25, -0.2) is 4.79 Å². The molecule has 2 heterocycles. The van der Waals surface area contributed by atoms with Gasteiger partial charge in [-0.3, -0.25) is 4.68 Å². The summed E-state index contributed by atoms with van der Waals surface area (Å²) in [5, 5.41) is 13.2. The van der Waals surface area contributed by atoms with Crippen molar-refractivity contribution in [1.29, 1.82) is 0 Å². The Balaban J connectivity index is 2.04.